The number of hydrogen-bond donors (Lipinski definition) is 3. The Balaban J connectivity index is 1.39. The first-order valence-corrected chi connectivity index (χ1v) is 10.1. The molecule has 0 aromatic carbocycles. The molecular formula is C20H23N7O3. The number of aliphatic hydroxyl groups excluding tert-OH is 2. The summed E-state index contributed by atoms with van der Waals surface area (Å²) in [5.41, 5.74) is 1.16. The zero-order chi connectivity index (χ0) is 20.5. The Morgan fingerprint density at radius 3 is 2.63 bits per heavy atom. The van der Waals surface area contributed by atoms with Crippen LogP contribution in [0.25, 0.3) is 17.2 Å². The van der Waals surface area contributed by atoms with Gasteiger partial charge in [0.25, 0.3) is 0 Å². The third kappa shape index (κ3) is 3.53. The van der Waals surface area contributed by atoms with Gasteiger partial charge in [-0.3, -0.25) is 4.57 Å². The van der Waals surface area contributed by atoms with Crippen LogP contribution in [-0.4, -0.2) is 64.1 Å². The van der Waals surface area contributed by atoms with Gasteiger partial charge in [0.1, 0.15) is 24.6 Å². The molecule has 3 N–H and O–H groups in total. The Morgan fingerprint density at radius 1 is 1.03 bits per heavy atom. The van der Waals surface area contributed by atoms with Crippen LogP contribution in [0.2, 0.25) is 0 Å². The monoisotopic (exact) mass is 409 g/mol. The highest BCUT2D eigenvalue weighted by Crippen LogP contribution is 2.33. The number of nitrogens with zero attached hydrogens (tertiary/aromatic N) is 6. The normalized spacial score (nSPS) is 27.4. The third-order valence-electron chi connectivity index (χ3n) is 5.62. The molecule has 1 saturated heterocycles. The van der Waals surface area contributed by atoms with Gasteiger partial charge in [0.15, 0.2) is 29.0 Å². The molecule has 0 radical (unpaired) electrons. The van der Waals surface area contributed by atoms with Crippen LogP contribution in [0.3, 0.4) is 0 Å². The van der Waals surface area contributed by atoms with E-state index in [9.17, 15) is 10.2 Å². The smallest absolute Gasteiger partial charge is 0.167 e. The molecular weight excluding hydrogens is 386 g/mol. The number of ether oxygens (including phenoxy) is 1. The van der Waals surface area contributed by atoms with Gasteiger partial charge in [-0.2, -0.15) is 0 Å². The maximum atomic E-state index is 10.6. The number of anilines is 1. The highest BCUT2D eigenvalue weighted by atomic mass is 16.6. The Kier molecular flexibility index (Phi) is 5.11. The van der Waals surface area contributed by atoms with Crippen LogP contribution in [0.5, 0.6) is 0 Å². The van der Waals surface area contributed by atoms with Gasteiger partial charge >= 0.3 is 0 Å². The molecule has 0 unspecified atom stereocenters. The van der Waals surface area contributed by atoms with Gasteiger partial charge in [0.05, 0.1) is 6.33 Å². The van der Waals surface area contributed by atoms with Gasteiger partial charge in [0.2, 0.25) is 0 Å². The zero-order valence-electron chi connectivity index (χ0n) is 16.2. The van der Waals surface area contributed by atoms with Gasteiger partial charge < -0.3 is 20.3 Å². The molecule has 156 valence electrons. The summed E-state index contributed by atoms with van der Waals surface area (Å²) in [6.45, 7) is 0. The summed E-state index contributed by atoms with van der Waals surface area (Å²) in [6.07, 6.45) is 10.4. The van der Waals surface area contributed by atoms with Crippen LogP contribution >= 0.6 is 0 Å². The molecule has 4 heterocycles. The first kappa shape index (κ1) is 19.0. The molecule has 0 spiro atoms. The lowest BCUT2D eigenvalue weighted by molar-refractivity contribution is -0.0243. The van der Waals surface area contributed by atoms with E-state index in [1.165, 1.54) is 19.2 Å². The van der Waals surface area contributed by atoms with Crippen LogP contribution in [0.1, 0.15) is 37.7 Å². The maximum Gasteiger partial charge on any atom is 0.167 e. The second kappa shape index (κ2) is 8.05. The molecule has 1 saturated carbocycles. The molecule has 4 atom stereocenters. The highest BCUT2D eigenvalue weighted by molar-refractivity contribution is 5.82. The largest absolute Gasteiger partial charge is 0.387 e. The molecule has 0 amide bonds. The standard InChI is InChI=1S/C20H23N7O3/c28-16-13(6-7-14-21-8-3-9-22-14)30-20(17(16)29)27-11-25-15-18(23-10-24-19(15)27)26-12-4-1-2-5-12/h3,6-13,16-17,20,28-29H,1-2,4-5H2,(H,23,24,26)/t13-,16-,17-,20-/m1/s1. The average molecular weight is 409 g/mol. The Morgan fingerprint density at radius 2 is 1.83 bits per heavy atom. The topological polar surface area (TPSA) is 131 Å². The fourth-order valence-corrected chi connectivity index (χ4v) is 4.06. The summed E-state index contributed by atoms with van der Waals surface area (Å²) in [5.74, 6) is 1.17. The third-order valence-corrected chi connectivity index (χ3v) is 5.62. The van der Waals surface area contributed by atoms with Crippen LogP contribution in [0.15, 0.2) is 37.2 Å². The second-order valence-electron chi connectivity index (χ2n) is 7.61. The minimum absolute atomic E-state index is 0.387. The second-order valence-corrected chi connectivity index (χ2v) is 7.61. The van der Waals surface area contributed by atoms with E-state index in [4.69, 9.17) is 4.74 Å². The van der Waals surface area contributed by atoms with Gasteiger partial charge in [-0.1, -0.05) is 12.8 Å². The fourth-order valence-electron chi connectivity index (χ4n) is 4.06. The van der Waals surface area contributed by atoms with Crippen molar-refractivity contribution in [2.75, 3.05) is 5.32 Å². The van der Waals surface area contributed by atoms with Crippen molar-refractivity contribution >= 4 is 23.1 Å². The Hall–Kier alpha value is -2.95. The summed E-state index contributed by atoms with van der Waals surface area (Å²) >= 11 is 0. The maximum absolute atomic E-state index is 10.6. The number of aromatic nitrogens is 6. The van der Waals surface area contributed by atoms with Crippen molar-refractivity contribution in [1.29, 1.82) is 0 Å². The molecule has 10 nitrogen and oxygen atoms in total. The lowest BCUT2D eigenvalue weighted by Gasteiger charge is -2.17. The van der Waals surface area contributed by atoms with E-state index >= 15 is 0 Å². The number of hydrogen-bond acceptors (Lipinski definition) is 9. The van der Waals surface area contributed by atoms with Gasteiger partial charge in [-0.05, 0) is 31.1 Å². The van der Waals surface area contributed by atoms with Crippen molar-refractivity contribution in [3.8, 4) is 0 Å². The van der Waals surface area contributed by atoms with Crippen molar-refractivity contribution < 1.29 is 14.9 Å². The minimum atomic E-state index is -1.14. The number of fused-ring (bicyclic) bond motifs is 1. The molecule has 10 heteroatoms. The Labute approximate surface area is 172 Å². The lowest BCUT2D eigenvalue weighted by atomic mass is 10.1. The molecule has 3 aromatic rings. The van der Waals surface area contributed by atoms with E-state index in [1.807, 2.05) is 0 Å². The molecule has 3 aromatic heterocycles. The van der Waals surface area contributed by atoms with E-state index in [0.29, 0.717) is 28.8 Å². The van der Waals surface area contributed by atoms with Gasteiger partial charge in [-0.15, -0.1) is 0 Å². The summed E-state index contributed by atoms with van der Waals surface area (Å²) < 4.78 is 7.57. The van der Waals surface area contributed by atoms with Crippen LogP contribution < -0.4 is 5.32 Å². The molecule has 2 aliphatic rings. The van der Waals surface area contributed by atoms with Crippen molar-refractivity contribution in [2.24, 2.45) is 0 Å². The van der Waals surface area contributed by atoms with Crippen molar-refractivity contribution in [1.82, 2.24) is 29.5 Å². The molecule has 5 rings (SSSR count). The van der Waals surface area contributed by atoms with Crippen molar-refractivity contribution in [3.63, 3.8) is 0 Å². The van der Waals surface area contributed by atoms with E-state index in [1.54, 1.807) is 41.5 Å². The SMILES string of the molecule is O[C@@H]1[C@H](O)[C@@H](C=Cc2ncccn2)O[C@H]1n1cnc2c(NC3CCCC3)ncnc21. The van der Waals surface area contributed by atoms with E-state index in [-0.39, 0.29) is 0 Å². The van der Waals surface area contributed by atoms with E-state index < -0.39 is 24.5 Å². The fraction of sp³-hybridized carbons (Fsp3) is 0.450. The number of imidazole rings is 1. The molecule has 0 bridgehead atoms. The van der Waals surface area contributed by atoms with Crippen LogP contribution in [0, 0.1) is 0 Å². The van der Waals surface area contributed by atoms with Crippen molar-refractivity contribution in [2.45, 2.75) is 56.3 Å². The molecule has 1 aliphatic carbocycles. The van der Waals surface area contributed by atoms with Gasteiger partial charge in [-0.25, -0.2) is 24.9 Å². The summed E-state index contributed by atoms with van der Waals surface area (Å²) in [6, 6.07) is 2.11. The predicted molar refractivity (Wildman–Crippen MR) is 108 cm³/mol. The molecule has 1 aliphatic heterocycles. The predicted octanol–water partition coefficient (Wildman–Crippen LogP) is 1.30. The van der Waals surface area contributed by atoms with Crippen LogP contribution in [-0.2, 0) is 4.74 Å². The highest BCUT2D eigenvalue weighted by Gasteiger charge is 2.43. The Bertz CT molecular complexity index is 1040. The number of aliphatic hydroxyl groups is 2. The quantitative estimate of drug-likeness (QED) is 0.570. The first-order chi connectivity index (χ1) is 14.7. The van der Waals surface area contributed by atoms with Crippen molar-refractivity contribution in [3.05, 3.63) is 43.0 Å². The van der Waals surface area contributed by atoms with E-state index in [2.05, 4.69) is 30.2 Å². The van der Waals surface area contributed by atoms with Crippen LogP contribution in [0.4, 0.5) is 5.82 Å². The molecule has 2 fully saturated rings. The lowest BCUT2D eigenvalue weighted by Crippen LogP contribution is -2.30. The summed E-state index contributed by atoms with van der Waals surface area (Å²) in [4.78, 5) is 21.3. The first-order valence-electron chi connectivity index (χ1n) is 10.1. The molecule has 30 heavy (non-hydrogen) atoms. The number of nitrogens with one attached hydrogen (secondary N) is 1. The average Bonchev–Trinajstić information content (AvgIpc) is 3.49. The van der Waals surface area contributed by atoms with E-state index in [0.717, 1.165) is 12.8 Å². The number of rotatable bonds is 5. The summed E-state index contributed by atoms with van der Waals surface area (Å²) in [5, 5.41) is 24.5. The zero-order valence-corrected chi connectivity index (χ0v) is 16.2. The van der Waals surface area contributed by atoms with Gasteiger partial charge in [0, 0.05) is 18.4 Å². The summed E-state index contributed by atoms with van der Waals surface area (Å²) in [7, 11) is 0. The minimum Gasteiger partial charge on any atom is -0.387 e.